The molecule has 4 rings (SSSR count). The number of hydrogen-bond acceptors (Lipinski definition) is 6. The zero-order valence-corrected chi connectivity index (χ0v) is 13.3. The highest BCUT2D eigenvalue weighted by atomic mass is 16.5. The minimum absolute atomic E-state index is 0.0263. The molecule has 24 heavy (non-hydrogen) atoms. The average Bonchev–Trinajstić information content (AvgIpc) is 3.32. The standard InChI is InChI=1S/C16H19N5O3/c22-16(20-8-10-23-11-9-20)21-7-3-5-13(21)15-18-14(19-24-15)12-4-1-2-6-17-12/h1-2,4,6,13H,3,5,7-11H2. The van der Waals surface area contributed by atoms with Gasteiger partial charge in [0.25, 0.3) is 0 Å². The second-order valence-electron chi connectivity index (χ2n) is 5.90. The fourth-order valence-corrected chi connectivity index (χ4v) is 3.16. The molecule has 126 valence electrons. The molecule has 0 saturated carbocycles. The summed E-state index contributed by atoms with van der Waals surface area (Å²) in [4.78, 5) is 25.1. The lowest BCUT2D eigenvalue weighted by molar-refractivity contribution is 0.0410. The van der Waals surface area contributed by atoms with Crippen LogP contribution in [0.15, 0.2) is 28.9 Å². The highest BCUT2D eigenvalue weighted by Gasteiger charge is 2.36. The number of hydrogen-bond donors (Lipinski definition) is 0. The molecule has 2 aliphatic rings. The molecule has 0 N–H and O–H groups in total. The van der Waals surface area contributed by atoms with Gasteiger partial charge in [-0.3, -0.25) is 4.98 Å². The predicted octanol–water partition coefficient (Wildman–Crippen LogP) is 1.72. The van der Waals surface area contributed by atoms with Crippen LogP contribution < -0.4 is 0 Å². The Bertz CT molecular complexity index is 699. The summed E-state index contributed by atoms with van der Waals surface area (Å²) < 4.78 is 10.7. The summed E-state index contributed by atoms with van der Waals surface area (Å²) in [6.07, 6.45) is 3.46. The van der Waals surface area contributed by atoms with E-state index >= 15 is 0 Å². The first-order valence-corrected chi connectivity index (χ1v) is 8.21. The Morgan fingerprint density at radius 3 is 2.88 bits per heavy atom. The first-order valence-electron chi connectivity index (χ1n) is 8.21. The number of carbonyl (C=O) groups is 1. The van der Waals surface area contributed by atoms with Crippen molar-refractivity contribution < 1.29 is 14.1 Å². The van der Waals surface area contributed by atoms with Gasteiger partial charge in [0.1, 0.15) is 11.7 Å². The number of carbonyl (C=O) groups excluding carboxylic acids is 1. The lowest BCUT2D eigenvalue weighted by Crippen LogP contribution is -2.47. The van der Waals surface area contributed by atoms with Crippen molar-refractivity contribution in [3.63, 3.8) is 0 Å². The summed E-state index contributed by atoms with van der Waals surface area (Å²) in [6.45, 7) is 3.15. The van der Waals surface area contributed by atoms with E-state index in [1.807, 2.05) is 28.0 Å². The van der Waals surface area contributed by atoms with E-state index < -0.39 is 0 Å². The van der Waals surface area contributed by atoms with Crippen molar-refractivity contribution >= 4 is 6.03 Å². The monoisotopic (exact) mass is 329 g/mol. The Labute approximate surface area is 139 Å². The van der Waals surface area contributed by atoms with E-state index in [1.165, 1.54) is 0 Å². The second-order valence-corrected chi connectivity index (χ2v) is 5.90. The molecule has 1 unspecified atom stereocenters. The van der Waals surface area contributed by atoms with Crippen molar-refractivity contribution in [2.24, 2.45) is 0 Å². The smallest absolute Gasteiger partial charge is 0.320 e. The molecule has 0 aliphatic carbocycles. The van der Waals surface area contributed by atoms with Gasteiger partial charge in [-0.25, -0.2) is 4.79 Å². The maximum Gasteiger partial charge on any atom is 0.320 e. The number of nitrogens with zero attached hydrogens (tertiary/aromatic N) is 5. The topological polar surface area (TPSA) is 84.6 Å². The lowest BCUT2D eigenvalue weighted by atomic mass is 10.2. The predicted molar refractivity (Wildman–Crippen MR) is 84.0 cm³/mol. The summed E-state index contributed by atoms with van der Waals surface area (Å²) in [5, 5.41) is 4.02. The molecule has 8 heteroatoms. The van der Waals surface area contributed by atoms with E-state index in [4.69, 9.17) is 9.26 Å². The van der Waals surface area contributed by atoms with Crippen LogP contribution in [-0.4, -0.2) is 63.8 Å². The number of likely N-dealkylation sites (tertiary alicyclic amines) is 1. The fourth-order valence-electron chi connectivity index (χ4n) is 3.16. The Balaban J connectivity index is 1.52. The van der Waals surface area contributed by atoms with E-state index in [1.54, 1.807) is 6.20 Å². The number of rotatable bonds is 2. The first kappa shape index (κ1) is 15.1. The molecule has 8 nitrogen and oxygen atoms in total. The van der Waals surface area contributed by atoms with Gasteiger partial charge in [0.15, 0.2) is 0 Å². The van der Waals surface area contributed by atoms with E-state index in [-0.39, 0.29) is 12.1 Å². The van der Waals surface area contributed by atoms with Crippen LogP contribution >= 0.6 is 0 Å². The molecule has 2 saturated heterocycles. The number of urea groups is 1. The summed E-state index contributed by atoms with van der Waals surface area (Å²) >= 11 is 0. The highest BCUT2D eigenvalue weighted by molar-refractivity contribution is 5.75. The third-order valence-corrected chi connectivity index (χ3v) is 4.40. The van der Waals surface area contributed by atoms with Crippen LogP contribution in [0, 0.1) is 0 Å². The molecule has 0 aromatic carbocycles. The Kier molecular flexibility index (Phi) is 4.12. The van der Waals surface area contributed by atoms with Crippen molar-refractivity contribution in [3.05, 3.63) is 30.3 Å². The molecule has 2 amide bonds. The van der Waals surface area contributed by atoms with E-state index in [0.717, 1.165) is 12.8 Å². The minimum atomic E-state index is -0.162. The van der Waals surface area contributed by atoms with Gasteiger partial charge >= 0.3 is 6.03 Å². The van der Waals surface area contributed by atoms with Gasteiger partial charge in [0.2, 0.25) is 11.7 Å². The average molecular weight is 329 g/mol. The number of amides is 2. The first-order chi connectivity index (χ1) is 11.8. The van der Waals surface area contributed by atoms with Gasteiger partial charge in [-0.15, -0.1) is 0 Å². The van der Waals surface area contributed by atoms with Crippen LogP contribution in [0.25, 0.3) is 11.5 Å². The van der Waals surface area contributed by atoms with E-state index in [9.17, 15) is 4.79 Å². The summed E-state index contributed by atoms with van der Waals surface area (Å²) in [7, 11) is 0. The summed E-state index contributed by atoms with van der Waals surface area (Å²) in [6, 6.07) is 5.41. The molecule has 2 aromatic heterocycles. The summed E-state index contributed by atoms with van der Waals surface area (Å²) in [5.41, 5.74) is 0.663. The molecule has 2 fully saturated rings. The number of ether oxygens (including phenoxy) is 1. The number of aromatic nitrogens is 3. The quantitative estimate of drug-likeness (QED) is 0.834. The van der Waals surface area contributed by atoms with Crippen LogP contribution in [0.1, 0.15) is 24.8 Å². The minimum Gasteiger partial charge on any atom is -0.378 e. The van der Waals surface area contributed by atoms with Crippen LogP contribution in [0.2, 0.25) is 0 Å². The van der Waals surface area contributed by atoms with Crippen molar-refractivity contribution in [2.75, 3.05) is 32.8 Å². The van der Waals surface area contributed by atoms with Gasteiger partial charge in [-0.05, 0) is 25.0 Å². The fraction of sp³-hybridized carbons (Fsp3) is 0.500. The molecule has 0 spiro atoms. The second kappa shape index (κ2) is 6.56. The van der Waals surface area contributed by atoms with Crippen LogP contribution in [0.4, 0.5) is 4.79 Å². The van der Waals surface area contributed by atoms with Gasteiger partial charge < -0.3 is 19.1 Å². The molecule has 4 heterocycles. The molecular formula is C16H19N5O3. The van der Waals surface area contributed by atoms with E-state index in [2.05, 4.69) is 15.1 Å². The largest absolute Gasteiger partial charge is 0.378 e. The van der Waals surface area contributed by atoms with Crippen molar-refractivity contribution in [1.29, 1.82) is 0 Å². The van der Waals surface area contributed by atoms with Gasteiger partial charge in [0, 0.05) is 25.8 Å². The van der Waals surface area contributed by atoms with E-state index in [0.29, 0.717) is 50.3 Å². The maximum absolute atomic E-state index is 12.8. The molecule has 2 aromatic rings. The normalized spacial score (nSPS) is 21.2. The van der Waals surface area contributed by atoms with Crippen LogP contribution in [-0.2, 0) is 4.74 Å². The maximum atomic E-state index is 12.8. The van der Waals surface area contributed by atoms with Crippen LogP contribution in [0.3, 0.4) is 0 Å². The zero-order chi connectivity index (χ0) is 16.4. The van der Waals surface area contributed by atoms with Gasteiger partial charge in [-0.1, -0.05) is 11.2 Å². The lowest BCUT2D eigenvalue weighted by Gasteiger charge is -2.32. The van der Waals surface area contributed by atoms with Crippen LogP contribution in [0.5, 0.6) is 0 Å². The molecule has 2 aliphatic heterocycles. The Hall–Kier alpha value is -2.48. The van der Waals surface area contributed by atoms with Gasteiger partial charge in [0.05, 0.1) is 13.2 Å². The van der Waals surface area contributed by atoms with Crippen molar-refractivity contribution in [3.8, 4) is 11.5 Å². The van der Waals surface area contributed by atoms with Gasteiger partial charge in [-0.2, -0.15) is 4.98 Å². The Morgan fingerprint density at radius 2 is 2.08 bits per heavy atom. The number of morpholine rings is 1. The zero-order valence-electron chi connectivity index (χ0n) is 13.3. The molecular weight excluding hydrogens is 310 g/mol. The highest BCUT2D eigenvalue weighted by Crippen LogP contribution is 2.32. The molecule has 0 bridgehead atoms. The molecule has 1 atom stereocenters. The molecule has 0 radical (unpaired) electrons. The van der Waals surface area contributed by atoms with Crippen molar-refractivity contribution in [2.45, 2.75) is 18.9 Å². The number of pyridine rings is 1. The third kappa shape index (κ3) is 2.84. The third-order valence-electron chi connectivity index (χ3n) is 4.40. The van der Waals surface area contributed by atoms with Crippen molar-refractivity contribution in [1.82, 2.24) is 24.9 Å². The SMILES string of the molecule is O=C(N1CCOCC1)N1CCCC1c1nc(-c2ccccn2)no1. The Morgan fingerprint density at radius 1 is 1.21 bits per heavy atom. The summed E-state index contributed by atoms with van der Waals surface area (Å²) in [5.74, 6) is 0.936.